The van der Waals surface area contributed by atoms with E-state index in [-0.39, 0.29) is 12.5 Å². The fourth-order valence-electron chi connectivity index (χ4n) is 3.49. The Bertz CT molecular complexity index is 945. The van der Waals surface area contributed by atoms with Gasteiger partial charge >= 0.3 is 0 Å². The van der Waals surface area contributed by atoms with Crippen molar-refractivity contribution in [1.29, 1.82) is 0 Å². The highest BCUT2D eigenvalue weighted by Crippen LogP contribution is 2.23. The minimum atomic E-state index is -0.0944. The summed E-state index contributed by atoms with van der Waals surface area (Å²) in [6, 6.07) is 14.3. The molecule has 0 aliphatic carbocycles. The maximum absolute atomic E-state index is 11.5. The molecule has 3 aromatic rings. The van der Waals surface area contributed by atoms with Crippen LogP contribution in [-0.2, 0) is 22.5 Å². The molecule has 0 saturated carbocycles. The monoisotopic (exact) mass is 395 g/mol. The van der Waals surface area contributed by atoms with Gasteiger partial charge in [0.15, 0.2) is 0 Å². The molecule has 1 heterocycles. The van der Waals surface area contributed by atoms with Gasteiger partial charge in [0.05, 0.1) is 17.6 Å². The van der Waals surface area contributed by atoms with E-state index in [0.717, 1.165) is 53.1 Å². The minimum Gasteiger partial charge on any atom is -0.491 e. The van der Waals surface area contributed by atoms with Gasteiger partial charge in [-0.05, 0) is 43.5 Å². The molecular formula is C23H29N3O3. The first kappa shape index (κ1) is 20.9. The summed E-state index contributed by atoms with van der Waals surface area (Å²) in [6.45, 7) is 6.12. The SMILES string of the molecule is COCC(=O)NCCCc1nc2ccccc2n1CCOc1c(C)cccc1C. The van der Waals surface area contributed by atoms with Crippen LogP contribution in [0.25, 0.3) is 11.0 Å². The van der Waals surface area contributed by atoms with Crippen LogP contribution in [0.2, 0.25) is 0 Å². The maximum Gasteiger partial charge on any atom is 0.245 e. The maximum atomic E-state index is 11.5. The number of imidazole rings is 1. The Kier molecular flexibility index (Phi) is 7.25. The van der Waals surface area contributed by atoms with E-state index in [1.165, 1.54) is 7.11 Å². The summed E-state index contributed by atoms with van der Waals surface area (Å²) in [5.41, 5.74) is 4.38. The molecule has 0 saturated heterocycles. The molecule has 3 rings (SSSR count). The van der Waals surface area contributed by atoms with Crippen molar-refractivity contribution in [1.82, 2.24) is 14.9 Å². The molecule has 0 aliphatic rings. The van der Waals surface area contributed by atoms with Gasteiger partial charge < -0.3 is 19.4 Å². The summed E-state index contributed by atoms with van der Waals surface area (Å²) in [5.74, 6) is 1.87. The first-order valence-electron chi connectivity index (χ1n) is 9.99. The lowest BCUT2D eigenvalue weighted by Gasteiger charge is -2.14. The fourth-order valence-corrected chi connectivity index (χ4v) is 3.49. The van der Waals surface area contributed by atoms with Gasteiger partial charge in [-0.3, -0.25) is 4.79 Å². The normalized spacial score (nSPS) is 11.0. The molecule has 0 bridgehead atoms. The lowest BCUT2D eigenvalue weighted by molar-refractivity contribution is -0.124. The highest BCUT2D eigenvalue weighted by Gasteiger charge is 2.11. The van der Waals surface area contributed by atoms with Crippen molar-refractivity contribution in [2.24, 2.45) is 0 Å². The zero-order valence-electron chi connectivity index (χ0n) is 17.4. The zero-order valence-corrected chi connectivity index (χ0v) is 17.4. The van der Waals surface area contributed by atoms with Gasteiger partial charge in [-0.25, -0.2) is 4.98 Å². The number of carbonyl (C=O) groups excluding carboxylic acids is 1. The molecule has 0 aliphatic heterocycles. The van der Waals surface area contributed by atoms with Crippen LogP contribution in [0.5, 0.6) is 5.75 Å². The summed E-state index contributed by atoms with van der Waals surface area (Å²) in [6.07, 6.45) is 1.60. The second-order valence-corrected chi connectivity index (χ2v) is 7.12. The van der Waals surface area contributed by atoms with Crippen LogP contribution in [0, 0.1) is 13.8 Å². The number of ether oxygens (including phenoxy) is 2. The van der Waals surface area contributed by atoms with E-state index in [1.54, 1.807) is 0 Å². The van der Waals surface area contributed by atoms with Crippen molar-refractivity contribution in [3.8, 4) is 5.75 Å². The molecule has 1 aromatic heterocycles. The van der Waals surface area contributed by atoms with Crippen LogP contribution in [-0.4, -0.2) is 42.3 Å². The number of hydrogen-bond donors (Lipinski definition) is 1. The highest BCUT2D eigenvalue weighted by molar-refractivity contribution is 5.77. The van der Waals surface area contributed by atoms with E-state index in [9.17, 15) is 4.79 Å². The average molecular weight is 396 g/mol. The lowest BCUT2D eigenvalue weighted by Crippen LogP contribution is -2.28. The number of methoxy groups -OCH3 is 1. The van der Waals surface area contributed by atoms with E-state index in [2.05, 4.69) is 41.9 Å². The Labute approximate surface area is 171 Å². The van der Waals surface area contributed by atoms with E-state index >= 15 is 0 Å². The number of hydrogen-bond acceptors (Lipinski definition) is 4. The first-order valence-corrected chi connectivity index (χ1v) is 9.99. The summed E-state index contributed by atoms with van der Waals surface area (Å²) in [4.78, 5) is 16.3. The molecule has 154 valence electrons. The molecule has 29 heavy (non-hydrogen) atoms. The third-order valence-electron chi connectivity index (χ3n) is 4.88. The summed E-state index contributed by atoms with van der Waals surface area (Å²) >= 11 is 0. The van der Waals surface area contributed by atoms with Crippen molar-refractivity contribution in [2.75, 3.05) is 26.9 Å². The summed E-state index contributed by atoms with van der Waals surface area (Å²) in [7, 11) is 1.52. The molecule has 0 spiro atoms. The highest BCUT2D eigenvalue weighted by atomic mass is 16.5. The number of benzene rings is 2. The molecule has 0 fully saturated rings. The van der Waals surface area contributed by atoms with E-state index in [4.69, 9.17) is 14.5 Å². The number of rotatable bonds is 10. The van der Waals surface area contributed by atoms with E-state index in [1.807, 2.05) is 24.3 Å². The quantitative estimate of drug-likeness (QED) is 0.534. The van der Waals surface area contributed by atoms with Crippen molar-refractivity contribution in [2.45, 2.75) is 33.2 Å². The molecule has 0 unspecified atom stereocenters. The van der Waals surface area contributed by atoms with E-state index in [0.29, 0.717) is 13.2 Å². The van der Waals surface area contributed by atoms with Crippen LogP contribution in [0.1, 0.15) is 23.4 Å². The molecule has 0 atom stereocenters. The number of fused-ring (bicyclic) bond motifs is 1. The predicted octanol–water partition coefficient (Wildman–Crippen LogP) is 3.43. The van der Waals surface area contributed by atoms with Gasteiger partial charge in [0.25, 0.3) is 0 Å². The van der Waals surface area contributed by atoms with Crippen LogP contribution in [0.15, 0.2) is 42.5 Å². The molecule has 6 heteroatoms. The van der Waals surface area contributed by atoms with Crippen molar-refractivity contribution < 1.29 is 14.3 Å². The number of para-hydroxylation sites is 3. The van der Waals surface area contributed by atoms with Crippen molar-refractivity contribution in [3.05, 3.63) is 59.4 Å². The lowest BCUT2D eigenvalue weighted by atomic mass is 10.1. The molecule has 0 radical (unpaired) electrons. The van der Waals surface area contributed by atoms with Gasteiger partial charge in [0.2, 0.25) is 5.91 Å². The average Bonchev–Trinajstić information content (AvgIpc) is 3.05. The van der Waals surface area contributed by atoms with Gasteiger partial charge in [-0.15, -0.1) is 0 Å². The Balaban J connectivity index is 1.66. The second-order valence-electron chi connectivity index (χ2n) is 7.12. The Morgan fingerprint density at radius 2 is 1.86 bits per heavy atom. The van der Waals surface area contributed by atoms with Gasteiger partial charge in [-0.2, -0.15) is 0 Å². The third-order valence-corrected chi connectivity index (χ3v) is 4.88. The summed E-state index contributed by atoms with van der Waals surface area (Å²) in [5, 5.41) is 2.86. The largest absolute Gasteiger partial charge is 0.491 e. The zero-order chi connectivity index (χ0) is 20.6. The molecule has 6 nitrogen and oxygen atoms in total. The fraction of sp³-hybridized carbons (Fsp3) is 0.391. The smallest absolute Gasteiger partial charge is 0.245 e. The number of nitrogens with one attached hydrogen (secondary N) is 1. The van der Waals surface area contributed by atoms with Crippen LogP contribution in [0.3, 0.4) is 0 Å². The van der Waals surface area contributed by atoms with Gasteiger partial charge in [0.1, 0.15) is 24.8 Å². The number of aryl methyl sites for hydroxylation is 3. The summed E-state index contributed by atoms with van der Waals surface area (Å²) < 4.78 is 13.2. The van der Waals surface area contributed by atoms with Gasteiger partial charge in [0, 0.05) is 20.1 Å². The number of aromatic nitrogens is 2. The number of nitrogens with zero attached hydrogens (tertiary/aromatic N) is 2. The van der Waals surface area contributed by atoms with Crippen LogP contribution in [0.4, 0.5) is 0 Å². The number of amides is 1. The number of carbonyl (C=O) groups is 1. The standard InChI is InChI=1S/C23H29N3O3/c1-17-8-6-9-18(2)23(17)29-15-14-26-20-11-5-4-10-19(20)25-21(26)12-7-13-24-22(27)16-28-3/h4-6,8-11H,7,12-16H2,1-3H3,(H,24,27). The van der Waals surface area contributed by atoms with Crippen LogP contribution < -0.4 is 10.1 Å². The van der Waals surface area contributed by atoms with Crippen molar-refractivity contribution in [3.63, 3.8) is 0 Å². The Hall–Kier alpha value is -2.86. The first-order chi connectivity index (χ1) is 14.1. The molecule has 2 aromatic carbocycles. The molecule has 1 amide bonds. The van der Waals surface area contributed by atoms with Gasteiger partial charge in [-0.1, -0.05) is 30.3 Å². The second kappa shape index (κ2) is 10.1. The molecular weight excluding hydrogens is 366 g/mol. The predicted molar refractivity (Wildman–Crippen MR) is 114 cm³/mol. The van der Waals surface area contributed by atoms with Crippen LogP contribution >= 0.6 is 0 Å². The Morgan fingerprint density at radius 1 is 1.10 bits per heavy atom. The Morgan fingerprint density at radius 3 is 2.62 bits per heavy atom. The van der Waals surface area contributed by atoms with Crippen molar-refractivity contribution >= 4 is 16.9 Å². The third kappa shape index (κ3) is 5.35. The molecule has 1 N–H and O–H groups in total. The minimum absolute atomic E-state index is 0.0914. The van der Waals surface area contributed by atoms with E-state index < -0.39 is 0 Å². The topological polar surface area (TPSA) is 65.4 Å².